The summed E-state index contributed by atoms with van der Waals surface area (Å²) in [6.45, 7) is 1.76. The summed E-state index contributed by atoms with van der Waals surface area (Å²) in [7, 11) is 1.77. The fourth-order valence-electron chi connectivity index (χ4n) is 1.23. The largest absolute Gasteiger partial charge is 0.249 e. The van der Waals surface area contributed by atoms with Gasteiger partial charge in [0, 0.05) is 7.05 Å². The first kappa shape index (κ1) is 7.68. The predicted octanol–water partition coefficient (Wildman–Crippen LogP) is 0.543. The van der Waals surface area contributed by atoms with Crippen molar-refractivity contribution in [2.45, 2.75) is 6.92 Å². The lowest BCUT2D eigenvalue weighted by molar-refractivity contribution is 0.775. The molecule has 0 saturated heterocycles. The SMILES string of the molecule is Cc1nnc2c(cnn2C)c1C#N. The Hall–Kier alpha value is -1.96. The molecule has 2 aromatic heterocycles. The van der Waals surface area contributed by atoms with Gasteiger partial charge in [-0.3, -0.25) is 0 Å². The Kier molecular flexibility index (Phi) is 1.49. The topological polar surface area (TPSA) is 67.4 Å². The van der Waals surface area contributed by atoms with Crippen LogP contribution in [0.1, 0.15) is 11.3 Å². The van der Waals surface area contributed by atoms with E-state index in [9.17, 15) is 0 Å². The molecule has 5 nitrogen and oxygen atoms in total. The second-order valence-corrected chi connectivity index (χ2v) is 2.78. The first-order valence-electron chi connectivity index (χ1n) is 3.79. The minimum atomic E-state index is 0.554. The summed E-state index contributed by atoms with van der Waals surface area (Å²) in [4.78, 5) is 0. The van der Waals surface area contributed by atoms with Crippen molar-refractivity contribution in [2.24, 2.45) is 7.05 Å². The molecule has 5 heteroatoms. The van der Waals surface area contributed by atoms with Crippen molar-refractivity contribution in [1.82, 2.24) is 20.0 Å². The van der Waals surface area contributed by atoms with Crippen LogP contribution in [0.25, 0.3) is 11.0 Å². The van der Waals surface area contributed by atoms with E-state index in [0.717, 1.165) is 5.39 Å². The van der Waals surface area contributed by atoms with Gasteiger partial charge in [-0.15, -0.1) is 5.10 Å². The van der Waals surface area contributed by atoms with Crippen LogP contribution in [0.4, 0.5) is 0 Å². The molecule has 0 aliphatic carbocycles. The van der Waals surface area contributed by atoms with Gasteiger partial charge in [0.1, 0.15) is 6.07 Å². The number of aromatic nitrogens is 4. The van der Waals surface area contributed by atoms with Crippen molar-refractivity contribution in [1.29, 1.82) is 5.26 Å². The number of rotatable bonds is 0. The molecule has 0 amide bonds. The van der Waals surface area contributed by atoms with Crippen LogP contribution >= 0.6 is 0 Å². The van der Waals surface area contributed by atoms with Gasteiger partial charge in [-0.25, -0.2) is 4.68 Å². The zero-order chi connectivity index (χ0) is 9.42. The van der Waals surface area contributed by atoms with Crippen LogP contribution in [0.15, 0.2) is 6.20 Å². The Labute approximate surface area is 74.6 Å². The Bertz CT molecular complexity index is 505. The summed E-state index contributed by atoms with van der Waals surface area (Å²) in [5, 5.41) is 21.5. The van der Waals surface area contributed by atoms with Crippen molar-refractivity contribution in [3.8, 4) is 6.07 Å². The van der Waals surface area contributed by atoms with Crippen molar-refractivity contribution in [3.63, 3.8) is 0 Å². The maximum Gasteiger partial charge on any atom is 0.181 e. The zero-order valence-electron chi connectivity index (χ0n) is 7.31. The molecule has 2 aromatic rings. The summed E-state index contributed by atoms with van der Waals surface area (Å²) < 4.78 is 1.60. The first-order chi connectivity index (χ1) is 6.24. The van der Waals surface area contributed by atoms with E-state index in [4.69, 9.17) is 5.26 Å². The van der Waals surface area contributed by atoms with E-state index >= 15 is 0 Å². The van der Waals surface area contributed by atoms with Crippen LogP contribution in [0.5, 0.6) is 0 Å². The van der Waals surface area contributed by atoms with E-state index in [-0.39, 0.29) is 0 Å². The van der Waals surface area contributed by atoms with Gasteiger partial charge in [0.25, 0.3) is 0 Å². The monoisotopic (exact) mass is 173 g/mol. The molecule has 2 heterocycles. The van der Waals surface area contributed by atoms with Crippen LogP contribution < -0.4 is 0 Å². The van der Waals surface area contributed by atoms with Crippen molar-refractivity contribution < 1.29 is 0 Å². The molecule has 0 aliphatic rings. The average Bonchev–Trinajstić information content (AvgIpc) is 2.48. The predicted molar refractivity (Wildman–Crippen MR) is 45.8 cm³/mol. The number of hydrogen-bond donors (Lipinski definition) is 0. The van der Waals surface area contributed by atoms with Crippen LogP contribution in [0, 0.1) is 18.3 Å². The van der Waals surface area contributed by atoms with Crippen LogP contribution in [0.2, 0.25) is 0 Å². The summed E-state index contributed by atoms with van der Waals surface area (Å²) in [5.74, 6) is 0. The molecular weight excluding hydrogens is 166 g/mol. The summed E-state index contributed by atoms with van der Waals surface area (Å²) in [5.41, 5.74) is 1.84. The third-order valence-corrected chi connectivity index (χ3v) is 1.95. The normalized spacial score (nSPS) is 10.2. The average molecular weight is 173 g/mol. The Morgan fingerprint density at radius 3 is 2.92 bits per heavy atom. The van der Waals surface area contributed by atoms with Gasteiger partial charge in [0.05, 0.1) is 22.8 Å². The second-order valence-electron chi connectivity index (χ2n) is 2.78. The molecule has 0 bridgehead atoms. The van der Waals surface area contributed by atoms with Crippen molar-refractivity contribution in [2.75, 3.05) is 0 Å². The van der Waals surface area contributed by atoms with E-state index in [2.05, 4.69) is 21.4 Å². The van der Waals surface area contributed by atoms with Gasteiger partial charge >= 0.3 is 0 Å². The van der Waals surface area contributed by atoms with Gasteiger partial charge in [0.15, 0.2) is 5.65 Å². The second kappa shape index (κ2) is 2.52. The van der Waals surface area contributed by atoms with Crippen LogP contribution in [-0.2, 0) is 7.05 Å². The number of nitriles is 1. The van der Waals surface area contributed by atoms with Gasteiger partial charge < -0.3 is 0 Å². The molecule has 0 radical (unpaired) electrons. The lowest BCUT2D eigenvalue weighted by Crippen LogP contribution is -1.97. The van der Waals surface area contributed by atoms with E-state index in [1.807, 2.05) is 0 Å². The molecule has 0 aromatic carbocycles. The number of nitrogens with zero attached hydrogens (tertiary/aromatic N) is 5. The maximum absolute atomic E-state index is 8.87. The lowest BCUT2D eigenvalue weighted by atomic mass is 10.2. The van der Waals surface area contributed by atoms with Gasteiger partial charge in [-0.2, -0.15) is 15.5 Å². The Morgan fingerprint density at radius 2 is 2.23 bits per heavy atom. The quantitative estimate of drug-likeness (QED) is 0.583. The van der Waals surface area contributed by atoms with E-state index < -0.39 is 0 Å². The highest BCUT2D eigenvalue weighted by Gasteiger charge is 2.09. The highest BCUT2D eigenvalue weighted by atomic mass is 15.3. The molecule has 2 rings (SSSR count). The molecule has 0 N–H and O–H groups in total. The van der Waals surface area contributed by atoms with Crippen LogP contribution in [0.3, 0.4) is 0 Å². The number of fused-ring (bicyclic) bond motifs is 1. The van der Waals surface area contributed by atoms with E-state index in [0.29, 0.717) is 16.9 Å². The van der Waals surface area contributed by atoms with Gasteiger partial charge in [-0.1, -0.05) is 0 Å². The molecule has 0 saturated carbocycles. The third kappa shape index (κ3) is 0.957. The molecule has 64 valence electrons. The highest BCUT2D eigenvalue weighted by Crippen LogP contribution is 2.15. The van der Waals surface area contributed by atoms with Crippen LogP contribution in [-0.4, -0.2) is 20.0 Å². The lowest BCUT2D eigenvalue weighted by Gasteiger charge is -1.96. The number of hydrogen-bond acceptors (Lipinski definition) is 4. The summed E-state index contributed by atoms with van der Waals surface area (Å²) in [6.07, 6.45) is 1.63. The van der Waals surface area contributed by atoms with Gasteiger partial charge in [0.2, 0.25) is 0 Å². The zero-order valence-corrected chi connectivity index (χ0v) is 7.31. The van der Waals surface area contributed by atoms with Crippen molar-refractivity contribution in [3.05, 3.63) is 17.5 Å². The maximum atomic E-state index is 8.87. The highest BCUT2D eigenvalue weighted by molar-refractivity contribution is 5.81. The Balaban J connectivity index is 2.95. The molecule has 0 unspecified atom stereocenters. The molecular formula is C8H7N5. The fraction of sp³-hybridized carbons (Fsp3) is 0.250. The first-order valence-corrected chi connectivity index (χ1v) is 3.79. The molecule has 0 aliphatic heterocycles. The minimum Gasteiger partial charge on any atom is -0.249 e. The third-order valence-electron chi connectivity index (χ3n) is 1.95. The van der Waals surface area contributed by atoms with Crippen molar-refractivity contribution >= 4 is 11.0 Å². The summed E-state index contributed by atoms with van der Waals surface area (Å²) >= 11 is 0. The Morgan fingerprint density at radius 1 is 1.46 bits per heavy atom. The van der Waals surface area contributed by atoms with E-state index in [1.165, 1.54) is 0 Å². The fourth-order valence-corrected chi connectivity index (χ4v) is 1.23. The molecule has 0 spiro atoms. The minimum absolute atomic E-state index is 0.554. The van der Waals surface area contributed by atoms with E-state index in [1.54, 1.807) is 24.9 Å². The van der Waals surface area contributed by atoms with Gasteiger partial charge in [-0.05, 0) is 6.92 Å². The molecule has 0 fully saturated rings. The smallest absolute Gasteiger partial charge is 0.181 e. The molecule has 0 atom stereocenters. The number of aryl methyl sites for hydroxylation is 2. The summed E-state index contributed by atoms with van der Waals surface area (Å²) in [6, 6.07) is 2.10. The molecule has 13 heavy (non-hydrogen) atoms. The standard InChI is InChI=1S/C8H7N5/c1-5-6(3-9)7-4-10-13(2)8(7)12-11-5/h4H,1-2H3.